The molecule has 2 amide bonds. The Hall–Kier alpha value is -1.50. The van der Waals surface area contributed by atoms with Crippen molar-refractivity contribution in [3.05, 3.63) is 0 Å². The second-order valence-electron chi connectivity index (χ2n) is 7.94. The highest BCUT2D eigenvalue weighted by Crippen LogP contribution is 2.07. The lowest BCUT2D eigenvalue weighted by Gasteiger charge is -2.25. The van der Waals surface area contributed by atoms with Gasteiger partial charge in [0.2, 0.25) is 0 Å². The summed E-state index contributed by atoms with van der Waals surface area (Å²) in [5, 5.41) is 8.85. The van der Waals surface area contributed by atoms with Crippen molar-refractivity contribution in [3.8, 4) is 0 Å². The zero-order valence-corrected chi connectivity index (χ0v) is 16.4. The third-order valence-corrected chi connectivity index (χ3v) is 2.86. The maximum absolute atomic E-state index is 11.7. The summed E-state index contributed by atoms with van der Waals surface area (Å²) in [6.07, 6.45) is -0.0228. The predicted octanol–water partition coefficient (Wildman–Crippen LogP) is 2.79. The van der Waals surface area contributed by atoms with E-state index in [0.29, 0.717) is 13.1 Å². The molecule has 2 atom stereocenters. The van der Waals surface area contributed by atoms with Gasteiger partial charge in [-0.1, -0.05) is 6.92 Å². The Kier molecular flexibility index (Phi) is 9.11. The monoisotopic (exact) mass is 345 g/mol. The third kappa shape index (κ3) is 13.0. The van der Waals surface area contributed by atoms with Gasteiger partial charge in [-0.05, 0) is 54.9 Å². The van der Waals surface area contributed by atoms with Crippen molar-refractivity contribution in [2.24, 2.45) is 0 Å². The van der Waals surface area contributed by atoms with Crippen LogP contribution in [0.3, 0.4) is 0 Å². The van der Waals surface area contributed by atoms with Gasteiger partial charge in [0.15, 0.2) is 0 Å². The molecule has 0 aliphatic heterocycles. The Morgan fingerprint density at radius 2 is 1.29 bits per heavy atom. The largest absolute Gasteiger partial charge is 0.444 e. The van der Waals surface area contributed by atoms with Gasteiger partial charge in [-0.2, -0.15) is 0 Å². The molecule has 0 aromatic carbocycles. The topological polar surface area (TPSA) is 88.7 Å². The van der Waals surface area contributed by atoms with Crippen LogP contribution in [0.15, 0.2) is 0 Å². The number of rotatable bonds is 7. The van der Waals surface area contributed by atoms with E-state index < -0.39 is 23.4 Å². The second-order valence-corrected chi connectivity index (χ2v) is 7.94. The number of hydrogen-bond acceptors (Lipinski definition) is 5. The molecule has 0 fully saturated rings. The van der Waals surface area contributed by atoms with Gasteiger partial charge in [0.1, 0.15) is 11.2 Å². The van der Waals surface area contributed by atoms with Gasteiger partial charge in [-0.25, -0.2) is 9.59 Å². The number of alkyl carbamates (subject to hydrolysis) is 2. The average molecular weight is 345 g/mol. The minimum absolute atomic E-state index is 0.0444. The summed E-state index contributed by atoms with van der Waals surface area (Å²) in [7, 11) is 0. The first kappa shape index (κ1) is 22.5. The van der Waals surface area contributed by atoms with Gasteiger partial charge < -0.3 is 25.4 Å². The number of nitrogens with one attached hydrogen (secondary N) is 3. The summed E-state index contributed by atoms with van der Waals surface area (Å²) >= 11 is 0. The summed E-state index contributed by atoms with van der Waals surface area (Å²) in [6, 6.07) is 0.135. The van der Waals surface area contributed by atoms with E-state index in [-0.39, 0.29) is 12.1 Å². The van der Waals surface area contributed by atoms with Gasteiger partial charge >= 0.3 is 12.2 Å². The third-order valence-electron chi connectivity index (χ3n) is 2.86. The summed E-state index contributed by atoms with van der Waals surface area (Å²) in [4.78, 5) is 23.3. The van der Waals surface area contributed by atoms with E-state index in [9.17, 15) is 9.59 Å². The molecule has 2 unspecified atom stereocenters. The molecule has 7 nitrogen and oxygen atoms in total. The van der Waals surface area contributed by atoms with Crippen LogP contribution in [0.5, 0.6) is 0 Å². The molecule has 0 rings (SSSR count). The van der Waals surface area contributed by atoms with Crippen LogP contribution in [0.1, 0.15) is 61.8 Å². The smallest absolute Gasteiger partial charge is 0.407 e. The van der Waals surface area contributed by atoms with Crippen molar-refractivity contribution < 1.29 is 19.1 Å². The number of ether oxygens (including phenoxy) is 2. The molecule has 0 aliphatic carbocycles. The Bertz CT molecular complexity index is 400. The Morgan fingerprint density at radius 3 is 1.67 bits per heavy atom. The Labute approximate surface area is 146 Å². The minimum Gasteiger partial charge on any atom is -0.444 e. The van der Waals surface area contributed by atoms with E-state index in [1.807, 2.05) is 55.4 Å². The number of hydrogen-bond donors (Lipinski definition) is 3. The molecule has 3 N–H and O–H groups in total. The number of carbonyl (C=O) groups excluding carboxylic acids is 2. The van der Waals surface area contributed by atoms with E-state index >= 15 is 0 Å². The zero-order chi connectivity index (χ0) is 19.0. The van der Waals surface area contributed by atoms with Crippen LogP contribution < -0.4 is 16.0 Å². The van der Waals surface area contributed by atoms with Crippen molar-refractivity contribution in [3.63, 3.8) is 0 Å². The zero-order valence-electron chi connectivity index (χ0n) is 16.4. The van der Waals surface area contributed by atoms with Gasteiger partial charge in [-0.3, -0.25) is 0 Å². The summed E-state index contributed by atoms with van der Waals surface area (Å²) in [5.41, 5.74) is -1.02. The highest BCUT2D eigenvalue weighted by atomic mass is 16.6. The van der Waals surface area contributed by atoms with Crippen LogP contribution in [-0.4, -0.2) is 48.6 Å². The lowest BCUT2D eigenvalue weighted by atomic mass is 10.2. The van der Waals surface area contributed by atoms with Crippen LogP contribution in [0.4, 0.5) is 9.59 Å². The van der Waals surface area contributed by atoms with Crippen LogP contribution in [0, 0.1) is 0 Å². The van der Waals surface area contributed by atoms with E-state index in [0.717, 1.165) is 6.42 Å². The van der Waals surface area contributed by atoms with E-state index in [4.69, 9.17) is 9.47 Å². The van der Waals surface area contributed by atoms with Crippen LogP contribution in [0.25, 0.3) is 0 Å². The fourth-order valence-corrected chi connectivity index (χ4v) is 1.85. The molecule has 0 aromatic rings. The molecule has 7 heteroatoms. The minimum atomic E-state index is -0.510. The Morgan fingerprint density at radius 1 is 0.875 bits per heavy atom. The lowest BCUT2D eigenvalue weighted by Crippen LogP contribution is -2.49. The van der Waals surface area contributed by atoms with E-state index in [2.05, 4.69) is 16.0 Å². The summed E-state index contributed by atoms with van der Waals surface area (Å²) < 4.78 is 10.4. The molecule has 0 heterocycles. The standard InChI is InChI=1S/C17H35N3O4/c1-9-13(11-19-15(22)24-17(6,7)8)20-12(2)10-18-14(21)23-16(3,4)5/h12-13,20H,9-11H2,1-8H3,(H,18,21)(H,19,22). The molecule has 24 heavy (non-hydrogen) atoms. The normalized spacial score (nSPS) is 14.5. The number of carbonyl (C=O) groups is 2. The van der Waals surface area contributed by atoms with E-state index in [1.165, 1.54) is 0 Å². The molecule has 0 saturated heterocycles. The van der Waals surface area contributed by atoms with Gasteiger partial charge in [0.05, 0.1) is 0 Å². The quantitative estimate of drug-likeness (QED) is 0.660. The first-order chi connectivity index (χ1) is 10.8. The molecule has 142 valence electrons. The maximum atomic E-state index is 11.7. The maximum Gasteiger partial charge on any atom is 0.407 e. The summed E-state index contributed by atoms with van der Waals surface area (Å²) in [6.45, 7) is 15.8. The van der Waals surface area contributed by atoms with Crippen molar-refractivity contribution in [2.75, 3.05) is 13.1 Å². The lowest BCUT2D eigenvalue weighted by molar-refractivity contribution is 0.0517. The van der Waals surface area contributed by atoms with Crippen molar-refractivity contribution >= 4 is 12.2 Å². The highest BCUT2D eigenvalue weighted by Gasteiger charge is 2.19. The molecule has 0 aliphatic rings. The molecule has 0 bridgehead atoms. The van der Waals surface area contributed by atoms with Crippen LogP contribution in [-0.2, 0) is 9.47 Å². The molecular weight excluding hydrogens is 310 g/mol. The van der Waals surface area contributed by atoms with E-state index in [1.54, 1.807) is 0 Å². The SMILES string of the molecule is CCC(CNC(=O)OC(C)(C)C)NC(C)CNC(=O)OC(C)(C)C. The van der Waals surface area contributed by atoms with Crippen molar-refractivity contribution in [2.45, 2.75) is 85.1 Å². The fraction of sp³-hybridized carbons (Fsp3) is 0.882. The van der Waals surface area contributed by atoms with Gasteiger partial charge in [0.25, 0.3) is 0 Å². The average Bonchev–Trinajstić information content (AvgIpc) is 2.37. The molecule has 0 spiro atoms. The van der Waals surface area contributed by atoms with Crippen molar-refractivity contribution in [1.82, 2.24) is 16.0 Å². The first-order valence-electron chi connectivity index (χ1n) is 8.52. The Balaban J connectivity index is 4.14. The second kappa shape index (κ2) is 9.71. The van der Waals surface area contributed by atoms with Crippen LogP contribution in [0.2, 0.25) is 0 Å². The molecular formula is C17H35N3O4. The van der Waals surface area contributed by atoms with Gasteiger partial charge in [-0.15, -0.1) is 0 Å². The molecule has 0 radical (unpaired) electrons. The fourth-order valence-electron chi connectivity index (χ4n) is 1.85. The number of amides is 2. The first-order valence-corrected chi connectivity index (χ1v) is 8.52. The predicted molar refractivity (Wildman–Crippen MR) is 95.2 cm³/mol. The van der Waals surface area contributed by atoms with Gasteiger partial charge in [0, 0.05) is 25.2 Å². The van der Waals surface area contributed by atoms with Crippen LogP contribution >= 0.6 is 0 Å². The van der Waals surface area contributed by atoms with Crippen molar-refractivity contribution in [1.29, 1.82) is 0 Å². The molecule has 0 saturated carbocycles. The highest BCUT2D eigenvalue weighted by molar-refractivity contribution is 5.68. The molecule has 0 aromatic heterocycles. The summed E-state index contributed by atoms with van der Waals surface area (Å²) in [5.74, 6) is 0.